The van der Waals surface area contributed by atoms with Crippen LogP contribution in [0.25, 0.3) is 0 Å². The van der Waals surface area contributed by atoms with E-state index in [1.54, 1.807) is 0 Å². The molecule has 0 saturated heterocycles. The van der Waals surface area contributed by atoms with E-state index in [1.807, 2.05) is 0 Å². The molecule has 0 amide bonds. The molecule has 0 aromatic rings. The third kappa shape index (κ3) is 5.06. The van der Waals surface area contributed by atoms with E-state index in [1.165, 1.54) is 12.8 Å². The molecule has 3 heteroatoms. The minimum atomic E-state index is 0.514. The van der Waals surface area contributed by atoms with E-state index in [4.69, 9.17) is 5.73 Å². The van der Waals surface area contributed by atoms with E-state index in [0.717, 1.165) is 11.9 Å². The number of hydrogen-bond acceptors (Lipinski definition) is 1. The highest BCUT2D eigenvalue weighted by molar-refractivity contribution is 9.09. The van der Waals surface area contributed by atoms with E-state index in [0.29, 0.717) is 4.83 Å². The average molecular weight is 245 g/mol. The van der Waals surface area contributed by atoms with Gasteiger partial charge in [0, 0.05) is 16.7 Å². The second kappa shape index (κ2) is 6.05. The summed E-state index contributed by atoms with van der Waals surface area (Å²) in [5.74, 6) is 0. The fourth-order valence-corrected chi connectivity index (χ4v) is 1.06. The Balaban J connectivity index is 2.86. The van der Waals surface area contributed by atoms with Crippen molar-refractivity contribution in [3.63, 3.8) is 0 Å². The Morgan fingerprint density at radius 2 is 2.12 bits per heavy atom. The molecule has 0 heterocycles. The van der Waals surface area contributed by atoms with Crippen molar-refractivity contribution >= 4 is 31.9 Å². The number of halogens is 2. The van der Waals surface area contributed by atoms with Crippen molar-refractivity contribution < 1.29 is 0 Å². The lowest BCUT2D eigenvalue weighted by Crippen LogP contribution is -2.12. The summed E-state index contributed by atoms with van der Waals surface area (Å²) < 4.78 is 0. The predicted octanol–water partition coefficient (Wildman–Crippen LogP) is 1.88. The largest absolute Gasteiger partial charge is 0.329 e. The summed E-state index contributed by atoms with van der Waals surface area (Å²) in [7, 11) is 0. The SMILES string of the molecule is NCC(Br)CCCBr. The van der Waals surface area contributed by atoms with Gasteiger partial charge in [-0.2, -0.15) is 0 Å². The molecule has 1 unspecified atom stereocenters. The molecule has 0 radical (unpaired) electrons. The van der Waals surface area contributed by atoms with E-state index in [2.05, 4.69) is 31.9 Å². The Kier molecular flexibility index (Phi) is 6.74. The van der Waals surface area contributed by atoms with Crippen LogP contribution in [0.4, 0.5) is 0 Å². The van der Waals surface area contributed by atoms with Crippen LogP contribution in [-0.2, 0) is 0 Å². The first kappa shape index (κ1) is 8.92. The van der Waals surface area contributed by atoms with E-state index < -0.39 is 0 Å². The number of hydrogen-bond donors (Lipinski definition) is 1. The summed E-state index contributed by atoms with van der Waals surface area (Å²) in [6, 6.07) is 0. The molecular weight excluding hydrogens is 234 g/mol. The van der Waals surface area contributed by atoms with Gasteiger partial charge in [0.15, 0.2) is 0 Å². The summed E-state index contributed by atoms with van der Waals surface area (Å²) in [5, 5.41) is 1.08. The molecule has 2 N–H and O–H groups in total. The molecule has 0 fully saturated rings. The molecule has 0 spiro atoms. The molecule has 0 aliphatic carbocycles. The van der Waals surface area contributed by atoms with Gasteiger partial charge in [-0.05, 0) is 12.8 Å². The lowest BCUT2D eigenvalue weighted by atomic mass is 10.2. The van der Waals surface area contributed by atoms with Gasteiger partial charge >= 0.3 is 0 Å². The zero-order valence-corrected chi connectivity index (χ0v) is 7.91. The molecule has 1 nitrogen and oxygen atoms in total. The molecule has 0 aliphatic rings. The summed E-state index contributed by atoms with van der Waals surface area (Å²) in [6.45, 7) is 0.743. The molecule has 0 saturated carbocycles. The van der Waals surface area contributed by atoms with Crippen LogP contribution in [0.5, 0.6) is 0 Å². The monoisotopic (exact) mass is 243 g/mol. The Morgan fingerprint density at radius 3 is 2.50 bits per heavy atom. The van der Waals surface area contributed by atoms with Crippen molar-refractivity contribution in [2.24, 2.45) is 5.73 Å². The van der Waals surface area contributed by atoms with Crippen molar-refractivity contribution in [3.8, 4) is 0 Å². The predicted molar refractivity (Wildman–Crippen MR) is 44.8 cm³/mol. The second-order valence-corrected chi connectivity index (χ2v) is 3.75. The van der Waals surface area contributed by atoms with Gasteiger partial charge in [0.25, 0.3) is 0 Å². The highest BCUT2D eigenvalue weighted by atomic mass is 79.9. The maximum atomic E-state index is 5.35. The Bertz CT molecular complexity index is 49.7. The van der Waals surface area contributed by atoms with Gasteiger partial charge in [-0.1, -0.05) is 31.9 Å². The van der Waals surface area contributed by atoms with Crippen LogP contribution in [0.15, 0.2) is 0 Å². The smallest absolute Gasteiger partial charge is 0.0268 e. The molecule has 0 aromatic heterocycles. The molecule has 0 bridgehead atoms. The molecule has 0 aliphatic heterocycles. The Morgan fingerprint density at radius 1 is 1.50 bits per heavy atom. The lowest BCUT2D eigenvalue weighted by Gasteiger charge is -2.02. The quantitative estimate of drug-likeness (QED) is 0.752. The third-order valence-electron chi connectivity index (χ3n) is 0.907. The van der Waals surface area contributed by atoms with Crippen molar-refractivity contribution in [1.82, 2.24) is 0 Å². The molecule has 1 atom stereocenters. The topological polar surface area (TPSA) is 26.0 Å². The van der Waals surface area contributed by atoms with E-state index in [9.17, 15) is 0 Å². The van der Waals surface area contributed by atoms with Crippen molar-refractivity contribution in [3.05, 3.63) is 0 Å². The molecule has 50 valence electrons. The van der Waals surface area contributed by atoms with Gasteiger partial charge in [-0.15, -0.1) is 0 Å². The lowest BCUT2D eigenvalue weighted by molar-refractivity contribution is 0.762. The minimum absolute atomic E-state index is 0.514. The normalized spacial score (nSPS) is 13.9. The average Bonchev–Trinajstić information content (AvgIpc) is 1.83. The van der Waals surface area contributed by atoms with Gasteiger partial charge < -0.3 is 5.73 Å². The second-order valence-electron chi connectivity index (χ2n) is 1.66. The first-order chi connectivity index (χ1) is 3.81. The summed E-state index contributed by atoms with van der Waals surface area (Å²) in [4.78, 5) is 0.514. The first-order valence-electron chi connectivity index (χ1n) is 2.71. The summed E-state index contributed by atoms with van der Waals surface area (Å²) >= 11 is 6.78. The van der Waals surface area contributed by atoms with E-state index >= 15 is 0 Å². The fraction of sp³-hybridized carbons (Fsp3) is 1.00. The standard InChI is InChI=1S/C5H11Br2N/c6-3-1-2-5(7)4-8/h5H,1-4,8H2. The zero-order valence-electron chi connectivity index (χ0n) is 4.74. The van der Waals surface area contributed by atoms with Crippen LogP contribution >= 0.6 is 31.9 Å². The Labute approximate surface area is 67.3 Å². The van der Waals surface area contributed by atoms with Crippen LogP contribution in [0, 0.1) is 0 Å². The maximum absolute atomic E-state index is 5.35. The van der Waals surface area contributed by atoms with Crippen LogP contribution in [-0.4, -0.2) is 16.7 Å². The van der Waals surface area contributed by atoms with Gasteiger partial charge in [0.05, 0.1) is 0 Å². The number of nitrogens with two attached hydrogens (primary N) is 1. The van der Waals surface area contributed by atoms with Crippen LogP contribution in [0.2, 0.25) is 0 Å². The van der Waals surface area contributed by atoms with Crippen molar-refractivity contribution in [2.75, 3.05) is 11.9 Å². The molecule has 0 rings (SSSR count). The summed E-state index contributed by atoms with van der Waals surface area (Å²) in [6.07, 6.45) is 2.37. The highest BCUT2D eigenvalue weighted by Gasteiger charge is 1.97. The molecule has 0 aromatic carbocycles. The fourth-order valence-electron chi connectivity index (χ4n) is 0.416. The van der Waals surface area contributed by atoms with Crippen molar-refractivity contribution in [1.29, 1.82) is 0 Å². The molecule has 8 heavy (non-hydrogen) atoms. The van der Waals surface area contributed by atoms with Gasteiger partial charge in [-0.25, -0.2) is 0 Å². The van der Waals surface area contributed by atoms with Gasteiger partial charge in [0.1, 0.15) is 0 Å². The van der Waals surface area contributed by atoms with Crippen LogP contribution < -0.4 is 5.73 Å². The zero-order chi connectivity index (χ0) is 6.41. The van der Waals surface area contributed by atoms with Gasteiger partial charge in [-0.3, -0.25) is 0 Å². The number of alkyl halides is 2. The molecular formula is C5H11Br2N. The van der Waals surface area contributed by atoms with E-state index in [-0.39, 0.29) is 0 Å². The van der Waals surface area contributed by atoms with Crippen LogP contribution in [0.1, 0.15) is 12.8 Å². The van der Waals surface area contributed by atoms with Crippen molar-refractivity contribution in [2.45, 2.75) is 17.7 Å². The minimum Gasteiger partial charge on any atom is -0.329 e. The first-order valence-corrected chi connectivity index (χ1v) is 4.75. The highest BCUT2D eigenvalue weighted by Crippen LogP contribution is 2.06. The Hall–Kier alpha value is 0.920. The van der Waals surface area contributed by atoms with Crippen LogP contribution in [0.3, 0.4) is 0 Å². The van der Waals surface area contributed by atoms with Gasteiger partial charge in [0.2, 0.25) is 0 Å². The third-order valence-corrected chi connectivity index (χ3v) is 2.30. The number of rotatable bonds is 4. The summed E-state index contributed by atoms with van der Waals surface area (Å²) in [5.41, 5.74) is 5.35. The maximum Gasteiger partial charge on any atom is 0.0268 e.